The first-order chi connectivity index (χ1) is 14.0. The molecule has 0 radical (unpaired) electrons. The zero-order valence-electron chi connectivity index (χ0n) is 15.6. The number of hydrogen-bond acceptors (Lipinski definition) is 5. The normalized spacial score (nSPS) is 16.0. The number of nitrogens with one attached hydrogen (secondary N) is 2. The molecule has 0 spiro atoms. The standard InChI is InChI=1S/C20H18ClN5O3/c1-26-15-10-13(21)7-8-16(15)29-11-14(20(26)28)22-19(27)18-23-17(24-25-18)9-12-5-3-2-4-6-12/h2-8,10,14H,9,11H2,1H3,(H,22,27)(H,23,24,25). The van der Waals surface area contributed by atoms with E-state index in [-0.39, 0.29) is 18.3 Å². The number of aromatic amines is 1. The van der Waals surface area contributed by atoms with Crippen LogP contribution in [-0.2, 0) is 11.2 Å². The van der Waals surface area contributed by atoms with Gasteiger partial charge in [0.1, 0.15) is 24.2 Å². The summed E-state index contributed by atoms with van der Waals surface area (Å²) in [6, 6.07) is 13.9. The van der Waals surface area contributed by atoms with Crippen LogP contribution in [0.2, 0.25) is 5.02 Å². The van der Waals surface area contributed by atoms with Crippen molar-refractivity contribution in [2.24, 2.45) is 0 Å². The summed E-state index contributed by atoms with van der Waals surface area (Å²) in [5.41, 5.74) is 1.59. The molecule has 2 aromatic carbocycles. The first kappa shape index (κ1) is 18.9. The molecule has 0 fully saturated rings. The summed E-state index contributed by atoms with van der Waals surface area (Å²) in [6.07, 6.45) is 0.519. The minimum atomic E-state index is -0.874. The van der Waals surface area contributed by atoms with E-state index in [1.807, 2.05) is 30.3 Å². The molecular formula is C20H18ClN5O3. The van der Waals surface area contributed by atoms with Crippen molar-refractivity contribution in [2.45, 2.75) is 12.5 Å². The van der Waals surface area contributed by atoms with E-state index in [4.69, 9.17) is 16.3 Å². The van der Waals surface area contributed by atoms with Gasteiger partial charge in [0.15, 0.2) is 0 Å². The molecule has 9 heteroatoms. The van der Waals surface area contributed by atoms with Crippen molar-refractivity contribution in [3.63, 3.8) is 0 Å². The Labute approximate surface area is 171 Å². The predicted octanol–water partition coefficient (Wildman–Crippen LogP) is 2.20. The van der Waals surface area contributed by atoms with Crippen LogP contribution in [0.4, 0.5) is 5.69 Å². The monoisotopic (exact) mass is 411 g/mol. The molecule has 8 nitrogen and oxygen atoms in total. The fourth-order valence-corrected chi connectivity index (χ4v) is 3.24. The molecule has 2 heterocycles. The number of aromatic nitrogens is 3. The average Bonchev–Trinajstić information content (AvgIpc) is 3.16. The number of H-pyrrole nitrogens is 1. The first-order valence-electron chi connectivity index (χ1n) is 8.97. The summed E-state index contributed by atoms with van der Waals surface area (Å²) in [5.74, 6) is 0.270. The lowest BCUT2D eigenvalue weighted by molar-refractivity contribution is -0.120. The van der Waals surface area contributed by atoms with Gasteiger partial charge < -0.3 is 19.9 Å². The van der Waals surface area contributed by atoms with E-state index < -0.39 is 11.9 Å². The Morgan fingerprint density at radius 2 is 2.07 bits per heavy atom. The van der Waals surface area contributed by atoms with E-state index in [1.54, 1.807) is 25.2 Å². The fourth-order valence-electron chi connectivity index (χ4n) is 3.07. The van der Waals surface area contributed by atoms with Crippen LogP contribution in [0.5, 0.6) is 5.75 Å². The van der Waals surface area contributed by atoms with Crippen LogP contribution in [0.3, 0.4) is 0 Å². The molecule has 1 atom stereocenters. The smallest absolute Gasteiger partial charge is 0.289 e. The van der Waals surface area contributed by atoms with Crippen LogP contribution in [0.1, 0.15) is 22.0 Å². The lowest BCUT2D eigenvalue weighted by Crippen LogP contribution is -2.49. The van der Waals surface area contributed by atoms with Gasteiger partial charge in [0.25, 0.3) is 11.8 Å². The van der Waals surface area contributed by atoms with Gasteiger partial charge in [-0.05, 0) is 23.8 Å². The third kappa shape index (κ3) is 4.07. The van der Waals surface area contributed by atoms with Gasteiger partial charge in [0, 0.05) is 18.5 Å². The van der Waals surface area contributed by atoms with Gasteiger partial charge in [-0.1, -0.05) is 41.9 Å². The Morgan fingerprint density at radius 3 is 2.86 bits per heavy atom. The van der Waals surface area contributed by atoms with Crippen molar-refractivity contribution < 1.29 is 14.3 Å². The van der Waals surface area contributed by atoms with Gasteiger partial charge in [-0.2, -0.15) is 0 Å². The fraction of sp³-hybridized carbons (Fsp3) is 0.200. The third-order valence-corrected chi connectivity index (χ3v) is 4.82. The molecular weight excluding hydrogens is 394 g/mol. The lowest BCUT2D eigenvalue weighted by atomic mass is 10.1. The number of hydrogen-bond donors (Lipinski definition) is 2. The van der Waals surface area contributed by atoms with Crippen LogP contribution < -0.4 is 15.0 Å². The Morgan fingerprint density at radius 1 is 1.28 bits per heavy atom. The quantitative estimate of drug-likeness (QED) is 0.685. The first-order valence-corrected chi connectivity index (χ1v) is 9.35. The molecule has 3 aromatic rings. The van der Waals surface area contributed by atoms with E-state index in [0.29, 0.717) is 28.7 Å². The molecule has 29 heavy (non-hydrogen) atoms. The molecule has 2 amide bonds. The Bertz CT molecular complexity index is 1050. The van der Waals surface area contributed by atoms with Crippen molar-refractivity contribution in [3.05, 3.63) is 70.8 Å². The van der Waals surface area contributed by atoms with Crippen LogP contribution >= 0.6 is 11.6 Å². The van der Waals surface area contributed by atoms with Gasteiger partial charge in [-0.25, -0.2) is 0 Å². The van der Waals surface area contributed by atoms with E-state index in [0.717, 1.165) is 5.56 Å². The molecule has 1 aromatic heterocycles. The number of benzene rings is 2. The SMILES string of the molecule is CN1C(=O)C(NC(=O)c2nnc(Cc3ccccc3)[nH]2)COc2ccc(Cl)cc21. The molecule has 1 aliphatic rings. The van der Waals surface area contributed by atoms with Crippen molar-refractivity contribution in [3.8, 4) is 5.75 Å². The molecule has 0 saturated heterocycles. The number of ether oxygens (including phenoxy) is 1. The summed E-state index contributed by atoms with van der Waals surface area (Å²) >= 11 is 6.02. The van der Waals surface area contributed by atoms with Crippen molar-refractivity contribution >= 4 is 29.1 Å². The number of likely N-dealkylation sites (N-methyl/N-ethyl adjacent to an activating group) is 1. The number of anilines is 1. The highest BCUT2D eigenvalue weighted by atomic mass is 35.5. The van der Waals surface area contributed by atoms with Gasteiger partial charge in [0.05, 0.1) is 5.69 Å². The van der Waals surface area contributed by atoms with Gasteiger partial charge in [-0.15, -0.1) is 10.2 Å². The van der Waals surface area contributed by atoms with E-state index in [9.17, 15) is 9.59 Å². The molecule has 1 unspecified atom stereocenters. The van der Waals surface area contributed by atoms with Gasteiger partial charge >= 0.3 is 0 Å². The number of nitrogens with zero attached hydrogens (tertiary/aromatic N) is 3. The highest BCUT2D eigenvalue weighted by Crippen LogP contribution is 2.33. The summed E-state index contributed by atoms with van der Waals surface area (Å²) in [5, 5.41) is 11.1. The number of halogens is 1. The maximum Gasteiger partial charge on any atom is 0.289 e. The molecule has 0 aliphatic carbocycles. The average molecular weight is 412 g/mol. The van der Waals surface area contributed by atoms with Crippen LogP contribution in [0.15, 0.2) is 48.5 Å². The summed E-state index contributed by atoms with van der Waals surface area (Å²) in [4.78, 5) is 29.7. The summed E-state index contributed by atoms with van der Waals surface area (Å²) in [7, 11) is 1.61. The molecule has 1 aliphatic heterocycles. The lowest BCUT2D eigenvalue weighted by Gasteiger charge is -2.20. The van der Waals surface area contributed by atoms with Crippen LogP contribution in [-0.4, -0.2) is 46.7 Å². The van der Waals surface area contributed by atoms with E-state index >= 15 is 0 Å². The zero-order chi connectivity index (χ0) is 20.4. The third-order valence-electron chi connectivity index (χ3n) is 4.58. The molecule has 0 saturated carbocycles. The summed E-state index contributed by atoms with van der Waals surface area (Å²) in [6.45, 7) is -0.00540. The maximum atomic E-state index is 12.8. The largest absolute Gasteiger partial charge is 0.489 e. The van der Waals surface area contributed by atoms with Crippen molar-refractivity contribution in [1.29, 1.82) is 0 Å². The van der Waals surface area contributed by atoms with Gasteiger partial charge in [0.2, 0.25) is 5.82 Å². The molecule has 148 valence electrons. The second-order valence-electron chi connectivity index (χ2n) is 6.63. The zero-order valence-corrected chi connectivity index (χ0v) is 16.3. The number of fused-ring (bicyclic) bond motifs is 1. The minimum absolute atomic E-state index is 0.00540. The Balaban J connectivity index is 1.45. The van der Waals surface area contributed by atoms with Crippen molar-refractivity contribution in [1.82, 2.24) is 20.5 Å². The van der Waals surface area contributed by atoms with E-state index in [1.165, 1.54) is 4.90 Å². The van der Waals surface area contributed by atoms with Crippen LogP contribution in [0.25, 0.3) is 0 Å². The Kier molecular flexibility index (Phi) is 5.18. The van der Waals surface area contributed by atoms with Crippen LogP contribution in [0, 0.1) is 0 Å². The molecule has 0 bridgehead atoms. The minimum Gasteiger partial charge on any atom is -0.489 e. The predicted molar refractivity (Wildman–Crippen MR) is 107 cm³/mol. The van der Waals surface area contributed by atoms with Gasteiger partial charge in [-0.3, -0.25) is 9.59 Å². The maximum absolute atomic E-state index is 12.8. The van der Waals surface area contributed by atoms with E-state index in [2.05, 4.69) is 20.5 Å². The summed E-state index contributed by atoms with van der Waals surface area (Å²) < 4.78 is 5.70. The number of carbonyl (C=O) groups is 2. The molecule has 4 rings (SSSR count). The number of carbonyl (C=O) groups excluding carboxylic acids is 2. The number of rotatable bonds is 4. The topological polar surface area (TPSA) is 100 Å². The van der Waals surface area contributed by atoms with Crippen molar-refractivity contribution in [2.75, 3.05) is 18.6 Å². The highest BCUT2D eigenvalue weighted by molar-refractivity contribution is 6.31. The highest BCUT2D eigenvalue weighted by Gasteiger charge is 2.31. The number of amides is 2. The molecule has 2 N–H and O–H groups in total. The Hall–Kier alpha value is -3.39. The second kappa shape index (κ2) is 7.92. The second-order valence-corrected chi connectivity index (χ2v) is 7.07.